The van der Waals surface area contributed by atoms with Crippen LogP contribution in [0.5, 0.6) is 11.5 Å². The standard InChI is InChI=1S/C20H19F2N3O3.C5H8O4/c1-10-23-14-6-11(20(26)25(2)3)7-17(19(14)24-10)28-15-4-5-27-16-9-12(21)8-13(22)18(15)16;1-3(6)4(7)2-5(8)9/h6-9,15H,4-5H2,1-3H3,(H,23,24);4,7H,2H2,1H3,(H,8,9)/t15-;4-/m00/s1. The summed E-state index contributed by atoms with van der Waals surface area (Å²) in [6.45, 7) is 3.20. The van der Waals surface area contributed by atoms with E-state index >= 15 is 0 Å². The van der Waals surface area contributed by atoms with Gasteiger partial charge in [0.05, 0.1) is 24.1 Å². The molecule has 1 aliphatic heterocycles. The number of hydrogen-bond acceptors (Lipinski definition) is 7. The number of aromatic nitrogens is 2. The number of aryl methyl sites for hydroxylation is 1. The number of hydrogen-bond donors (Lipinski definition) is 3. The number of Topliss-reactive ketones (excluding diaryl/α,β-unsaturated/α-hetero) is 1. The molecule has 2 aromatic carbocycles. The minimum Gasteiger partial charge on any atom is -0.493 e. The number of H-pyrrole nitrogens is 1. The van der Waals surface area contributed by atoms with E-state index in [-0.39, 0.29) is 23.8 Å². The van der Waals surface area contributed by atoms with E-state index in [1.54, 1.807) is 33.2 Å². The highest BCUT2D eigenvalue weighted by Crippen LogP contribution is 2.39. The van der Waals surface area contributed by atoms with Gasteiger partial charge in [0.25, 0.3) is 5.91 Å². The number of ketones is 1. The number of nitrogens with zero attached hydrogens (tertiary/aromatic N) is 2. The first kappa shape index (κ1) is 27.5. The average molecular weight is 520 g/mol. The topological polar surface area (TPSA) is 142 Å². The van der Waals surface area contributed by atoms with Gasteiger partial charge in [0.1, 0.15) is 46.7 Å². The van der Waals surface area contributed by atoms with Gasteiger partial charge in [-0.1, -0.05) is 0 Å². The van der Waals surface area contributed by atoms with Gasteiger partial charge in [-0.15, -0.1) is 0 Å². The predicted octanol–water partition coefficient (Wildman–Crippen LogP) is 3.16. The Kier molecular flexibility index (Phi) is 8.43. The molecular weight excluding hydrogens is 492 g/mol. The molecule has 2 atom stereocenters. The molecule has 1 aromatic heterocycles. The van der Waals surface area contributed by atoms with Crippen molar-refractivity contribution in [2.45, 2.75) is 38.9 Å². The summed E-state index contributed by atoms with van der Waals surface area (Å²) in [5.74, 6) is -2.17. The van der Waals surface area contributed by atoms with Crippen LogP contribution in [0.4, 0.5) is 8.78 Å². The van der Waals surface area contributed by atoms with E-state index in [0.29, 0.717) is 34.6 Å². The molecule has 0 saturated heterocycles. The summed E-state index contributed by atoms with van der Waals surface area (Å²) in [6, 6.07) is 5.26. The molecule has 0 spiro atoms. The summed E-state index contributed by atoms with van der Waals surface area (Å²) in [6.07, 6.45) is -2.15. The number of aliphatic carboxylic acids is 1. The van der Waals surface area contributed by atoms with Crippen molar-refractivity contribution in [2.24, 2.45) is 0 Å². The number of imidazole rings is 1. The Bertz CT molecular complexity index is 1340. The number of aliphatic hydroxyl groups is 1. The Balaban J connectivity index is 0.000000364. The van der Waals surface area contributed by atoms with Gasteiger partial charge in [0, 0.05) is 38.2 Å². The van der Waals surface area contributed by atoms with E-state index in [2.05, 4.69) is 9.97 Å². The summed E-state index contributed by atoms with van der Waals surface area (Å²) in [5.41, 5.74) is 1.77. The van der Waals surface area contributed by atoms with Crippen molar-refractivity contribution < 1.29 is 42.9 Å². The molecule has 0 bridgehead atoms. The van der Waals surface area contributed by atoms with Crippen molar-refractivity contribution in [3.8, 4) is 11.5 Å². The molecule has 0 saturated carbocycles. The molecule has 0 fully saturated rings. The number of carboxylic acids is 1. The number of carbonyl (C=O) groups excluding carboxylic acids is 2. The van der Waals surface area contributed by atoms with E-state index in [9.17, 15) is 23.2 Å². The lowest BCUT2D eigenvalue weighted by molar-refractivity contribution is -0.142. The highest BCUT2D eigenvalue weighted by atomic mass is 19.1. The maximum Gasteiger partial charge on any atom is 0.306 e. The zero-order valence-corrected chi connectivity index (χ0v) is 20.7. The zero-order chi connectivity index (χ0) is 27.4. The Hall–Kier alpha value is -4.06. The van der Waals surface area contributed by atoms with Crippen molar-refractivity contribution in [3.63, 3.8) is 0 Å². The minimum atomic E-state index is -1.34. The number of carboxylic acid groups (broad SMARTS) is 1. The molecule has 0 radical (unpaired) electrons. The van der Waals surface area contributed by atoms with Crippen molar-refractivity contribution >= 4 is 28.7 Å². The third kappa shape index (κ3) is 6.58. The third-order valence-corrected chi connectivity index (χ3v) is 5.45. The van der Waals surface area contributed by atoms with Gasteiger partial charge >= 0.3 is 5.97 Å². The first-order valence-electron chi connectivity index (χ1n) is 11.3. The quantitative estimate of drug-likeness (QED) is 0.451. The van der Waals surface area contributed by atoms with Gasteiger partial charge in [0.15, 0.2) is 5.78 Å². The molecule has 3 aromatic rings. The highest BCUT2D eigenvalue weighted by molar-refractivity contribution is 5.99. The van der Waals surface area contributed by atoms with Crippen LogP contribution in [0.15, 0.2) is 24.3 Å². The highest BCUT2D eigenvalue weighted by Gasteiger charge is 2.29. The summed E-state index contributed by atoms with van der Waals surface area (Å²) >= 11 is 0. The smallest absolute Gasteiger partial charge is 0.306 e. The fourth-order valence-electron chi connectivity index (χ4n) is 3.67. The van der Waals surface area contributed by atoms with Crippen LogP contribution in [0.25, 0.3) is 11.0 Å². The van der Waals surface area contributed by atoms with E-state index in [1.165, 1.54) is 4.90 Å². The predicted molar refractivity (Wildman–Crippen MR) is 128 cm³/mol. The second-order valence-electron chi connectivity index (χ2n) is 8.66. The number of benzene rings is 2. The lowest BCUT2D eigenvalue weighted by Gasteiger charge is -2.27. The number of fused-ring (bicyclic) bond motifs is 2. The number of aromatic amines is 1. The normalized spacial score (nSPS) is 15.1. The number of rotatable bonds is 6. The zero-order valence-electron chi connectivity index (χ0n) is 20.7. The van der Waals surface area contributed by atoms with Gasteiger partial charge in [-0.2, -0.15) is 0 Å². The molecular formula is C25H27F2N3O7. The van der Waals surface area contributed by atoms with Crippen LogP contribution in [0, 0.1) is 18.6 Å². The Labute approximate surface area is 210 Å². The monoisotopic (exact) mass is 519 g/mol. The first-order valence-corrected chi connectivity index (χ1v) is 11.3. The fraction of sp³-hybridized carbons (Fsp3) is 0.360. The third-order valence-electron chi connectivity index (χ3n) is 5.45. The number of nitrogens with one attached hydrogen (secondary N) is 1. The molecule has 0 unspecified atom stereocenters. The van der Waals surface area contributed by atoms with Crippen molar-refractivity contribution in [3.05, 3.63) is 52.9 Å². The molecule has 12 heteroatoms. The first-order chi connectivity index (χ1) is 17.4. The fourth-order valence-corrected chi connectivity index (χ4v) is 3.67. The minimum absolute atomic E-state index is 0.128. The Morgan fingerprint density at radius 1 is 1.24 bits per heavy atom. The van der Waals surface area contributed by atoms with E-state index in [4.69, 9.17) is 19.7 Å². The van der Waals surface area contributed by atoms with Gasteiger partial charge in [-0.25, -0.2) is 13.8 Å². The molecule has 3 N–H and O–H groups in total. The van der Waals surface area contributed by atoms with Crippen LogP contribution in [0.2, 0.25) is 0 Å². The Morgan fingerprint density at radius 3 is 2.54 bits per heavy atom. The van der Waals surface area contributed by atoms with Gasteiger partial charge in [-0.3, -0.25) is 14.4 Å². The maximum atomic E-state index is 14.4. The number of carbonyl (C=O) groups is 3. The van der Waals surface area contributed by atoms with Crippen LogP contribution < -0.4 is 9.47 Å². The van der Waals surface area contributed by atoms with Crippen molar-refractivity contribution in [2.75, 3.05) is 20.7 Å². The molecule has 0 aliphatic carbocycles. The van der Waals surface area contributed by atoms with Crippen LogP contribution in [-0.4, -0.2) is 69.5 Å². The van der Waals surface area contributed by atoms with Crippen LogP contribution >= 0.6 is 0 Å². The average Bonchev–Trinajstić information content (AvgIpc) is 3.18. The van der Waals surface area contributed by atoms with E-state index in [1.807, 2.05) is 0 Å². The molecule has 1 amide bonds. The van der Waals surface area contributed by atoms with E-state index in [0.717, 1.165) is 19.1 Å². The maximum absolute atomic E-state index is 14.4. The second kappa shape index (κ2) is 11.3. The molecule has 37 heavy (non-hydrogen) atoms. The van der Waals surface area contributed by atoms with Crippen LogP contribution in [0.3, 0.4) is 0 Å². The molecule has 4 rings (SSSR count). The number of ether oxygens (including phenoxy) is 2. The largest absolute Gasteiger partial charge is 0.493 e. The van der Waals surface area contributed by atoms with Gasteiger partial charge < -0.3 is 29.6 Å². The molecule has 198 valence electrons. The van der Waals surface area contributed by atoms with Gasteiger partial charge in [0.2, 0.25) is 0 Å². The van der Waals surface area contributed by atoms with Crippen molar-refractivity contribution in [1.82, 2.24) is 14.9 Å². The summed E-state index contributed by atoms with van der Waals surface area (Å²) in [5, 5.41) is 16.6. The van der Waals surface area contributed by atoms with Crippen LogP contribution in [0.1, 0.15) is 47.6 Å². The molecule has 1 aliphatic rings. The molecule has 2 heterocycles. The van der Waals surface area contributed by atoms with Crippen LogP contribution in [-0.2, 0) is 9.59 Å². The van der Waals surface area contributed by atoms with Gasteiger partial charge in [-0.05, 0) is 26.0 Å². The lowest BCUT2D eigenvalue weighted by Crippen LogP contribution is -2.22. The number of aliphatic hydroxyl groups excluding tert-OH is 1. The lowest BCUT2D eigenvalue weighted by atomic mass is 10.0. The summed E-state index contributed by atoms with van der Waals surface area (Å²) in [7, 11) is 3.31. The summed E-state index contributed by atoms with van der Waals surface area (Å²) < 4.78 is 39.5. The SMILES string of the molecule is CC(=O)[C@@H](O)CC(=O)O.Cc1nc2c(O[C@H]3CCOc4cc(F)cc(F)c43)cc(C(=O)N(C)C)cc2[nH]1. The molecule has 10 nitrogen and oxygen atoms in total. The van der Waals surface area contributed by atoms with Crippen molar-refractivity contribution in [1.29, 1.82) is 0 Å². The Morgan fingerprint density at radius 2 is 1.95 bits per heavy atom. The second-order valence-corrected chi connectivity index (χ2v) is 8.66. The number of halogens is 2. The summed E-state index contributed by atoms with van der Waals surface area (Å²) in [4.78, 5) is 41.4. The van der Waals surface area contributed by atoms with E-state index < -0.39 is 42.0 Å². The number of amides is 1.